The molecule has 0 bridgehead atoms. The van der Waals surface area contributed by atoms with Crippen LogP contribution in [0.25, 0.3) is 10.6 Å². The number of hydrogen-bond acceptors (Lipinski definition) is 7. The van der Waals surface area contributed by atoms with Crippen molar-refractivity contribution in [2.45, 2.75) is 38.7 Å². The second kappa shape index (κ2) is 12.7. The van der Waals surface area contributed by atoms with Crippen molar-refractivity contribution in [3.63, 3.8) is 0 Å². The molecule has 0 aliphatic carbocycles. The molecule has 2 aliphatic rings. The first kappa shape index (κ1) is 32.2. The van der Waals surface area contributed by atoms with Crippen LogP contribution in [0, 0.1) is 18.8 Å². The molecule has 3 amide bonds. The van der Waals surface area contributed by atoms with Crippen molar-refractivity contribution in [2.75, 3.05) is 26.2 Å². The fourth-order valence-electron chi connectivity index (χ4n) is 5.18. The molecule has 2 fully saturated rings. The molecule has 2 atom stereocenters. The van der Waals surface area contributed by atoms with Gasteiger partial charge in [0.05, 0.1) is 5.92 Å². The van der Waals surface area contributed by atoms with E-state index in [0.717, 1.165) is 15.5 Å². The van der Waals surface area contributed by atoms with E-state index in [1.54, 1.807) is 24.3 Å². The highest BCUT2D eigenvalue weighted by Crippen LogP contribution is 2.36. The van der Waals surface area contributed by atoms with Crippen LogP contribution in [0.4, 0.5) is 26.3 Å². The number of carbonyl (C=O) groups excluding carboxylic acids is 3. The zero-order valence-corrected chi connectivity index (χ0v) is 24.6. The highest BCUT2D eigenvalue weighted by molar-refractivity contribution is 7.14. The Morgan fingerprint density at radius 3 is 2.31 bits per heavy atom. The highest BCUT2D eigenvalue weighted by atomic mass is 32.1. The number of nitrogens with zero attached hydrogens (tertiary/aromatic N) is 4. The lowest BCUT2D eigenvalue weighted by Gasteiger charge is -2.20. The monoisotopic (exact) mass is 655 g/mol. The normalized spacial score (nSPS) is 19.0. The Bertz CT molecular complexity index is 1580. The van der Waals surface area contributed by atoms with Crippen molar-refractivity contribution in [2.24, 2.45) is 11.8 Å². The molecule has 2 aliphatic heterocycles. The number of rotatable bonds is 9. The molecular formula is C29H27F6N5O4S. The Labute approximate surface area is 257 Å². The lowest BCUT2D eigenvalue weighted by Crippen LogP contribution is -2.36. The molecule has 1 aromatic heterocycles. The van der Waals surface area contributed by atoms with E-state index in [1.165, 1.54) is 29.5 Å². The average Bonchev–Trinajstić information content (AvgIpc) is 3.66. The molecule has 5 rings (SSSR count). The van der Waals surface area contributed by atoms with Gasteiger partial charge in [0.15, 0.2) is 0 Å². The number of amides is 3. The van der Waals surface area contributed by atoms with Gasteiger partial charge >= 0.3 is 12.4 Å². The standard InChI is InChI=1S/C29H27F6N5O4S/c1-16-37-38-27(45-16)18-4-6-22(7-5-18)44-23-9-19(2-3-20(23)13-39-14-21(10-25(39)42)29(33,34)35)26(43)36-11-17-8-24(41)40(12-17)15-28(30,31)32/h2-7,9,17,21H,8,10-15H2,1H3,(H,36,43). The van der Waals surface area contributed by atoms with Gasteiger partial charge in [-0.15, -0.1) is 10.2 Å². The van der Waals surface area contributed by atoms with Gasteiger partial charge < -0.3 is 19.9 Å². The Kier molecular flexibility index (Phi) is 9.05. The predicted molar refractivity (Wildman–Crippen MR) is 149 cm³/mol. The number of aryl methyl sites for hydroxylation is 1. The number of hydrogen-bond donors (Lipinski definition) is 1. The summed E-state index contributed by atoms with van der Waals surface area (Å²) in [5.41, 5.74) is 1.24. The molecule has 0 spiro atoms. The summed E-state index contributed by atoms with van der Waals surface area (Å²) in [6.07, 6.45) is -9.85. The van der Waals surface area contributed by atoms with Crippen LogP contribution in [-0.2, 0) is 16.1 Å². The van der Waals surface area contributed by atoms with Gasteiger partial charge in [0, 0.05) is 61.6 Å². The summed E-state index contributed by atoms with van der Waals surface area (Å²) in [7, 11) is 0. The lowest BCUT2D eigenvalue weighted by atomic mass is 10.1. The maximum absolute atomic E-state index is 13.3. The van der Waals surface area contributed by atoms with E-state index in [1.807, 2.05) is 6.92 Å². The SMILES string of the molecule is Cc1nnc(-c2ccc(Oc3cc(C(=O)NCC4CC(=O)N(CC(F)(F)F)C4)ccc3CN3CC(C(F)(F)F)CC3=O)cc2)s1. The largest absolute Gasteiger partial charge is 0.457 e. The molecule has 2 saturated heterocycles. The fourth-order valence-corrected chi connectivity index (χ4v) is 5.87. The summed E-state index contributed by atoms with van der Waals surface area (Å²) >= 11 is 1.40. The second-order valence-electron chi connectivity index (χ2n) is 11.0. The minimum atomic E-state index is -4.53. The van der Waals surface area contributed by atoms with E-state index in [-0.39, 0.29) is 37.4 Å². The zero-order chi connectivity index (χ0) is 32.5. The predicted octanol–water partition coefficient (Wildman–Crippen LogP) is 5.36. The summed E-state index contributed by atoms with van der Waals surface area (Å²) in [6.45, 7) is -0.439. The molecule has 9 nitrogen and oxygen atoms in total. The van der Waals surface area contributed by atoms with Crippen molar-refractivity contribution in [1.29, 1.82) is 0 Å². The maximum Gasteiger partial charge on any atom is 0.406 e. The molecule has 240 valence electrons. The molecule has 16 heteroatoms. The van der Waals surface area contributed by atoms with E-state index in [2.05, 4.69) is 15.5 Å². The minimum absolute atomic E-state index is 0.0511. The molecule has 3 aromatic rings. The highest BCUT2D eigenvalue weighted by Gasteiger charge is 2.47. The molecule has 1 N–H and O–H groups in total. The number of halogens is 6. The van der Waals surface area contributed by atoms with Crippen LogP contribution in [-0.4, -0.2) is 76.3 Å². The second-order valence-corrected chi connectivity index (χ2v) is 12.1. The number of aromatic nitrogens is 2. The summed E-state index contributed by atoms with van der Waals surface area (Å²) in [5, 5.41) is 12.2. The van der Waals surface area contributed by atoms with Crippen LogP contribution in [0.1, 0.15) is 33.8 Å². The number of ether oxygens (including phenoxy) is 1. The van der Waals surface area contributed by atoms with Gasteiger partial charge in [-0.25, -0.2) is 0 Å². The first-order valence-electron chi connectivity index (χ1n) is 13.8. The van der Waals surface area contributed by atoms with Gasteiger partial charge in [0.1, 0.15) is 28.1 Å². The Morgan fingerprint density at radius 2 is 1.69 bits per heavy atom. The van der Waals surface area contributed by atoms with E-state index in [0.29, 0.717) is 21.2 Å². The third-order valence-corrected chi connectivity index (χ3v) is 8.33. The summed E-state index contributed by atoms with van der Waals surface area (Å²) < 4.78 is 84.1. The number of nitrogens with one attached hydrogen (secondary N) is 1. The Morgan fingerprint density at radius 1 is 0.978 bits per heavy atom. The van der Waals surface area contributed by atoms with Crippen molar-refractivity contribution in [3.8, 4) is 22.1 Å². The fraction of sp³-hybridized carbons (Fsp3) is 0.414. The summed E-state index contributed by atoms with van der Waals surface area (Å²) in [6, 6.07) is 11.0. The third-order valence-electron chi connectivity index (χ3n) is 7.44. The quantitative estimate of drug-likeness (QED) is 0.312. The third kappa shape index (κ3) is 8.09. The van der Waals surface area contributed by atoms with Crippen molar-refractivity contribution >= 4 is 29.1 Å². The van der Waals surface area contributed by atoms with Crippen molar-refractivity contribution in [1.82, 2.24) is 25.3 Å². The Hall–Kier alpha value is -4.21. The van der Waals surface area contributed by atoms with Crippen LogP contribution >= 0.6 is 11.3 Å². The first-order chi connectivity index (χ1) is 21.1. The smallest absolute Gasteiger partial charge is 0.406 e. The van der Waals surface area contributed by atoms with Crippen LogP contribution < -0.4 is 10.1 Å². The average molecular weight is 656 g/mol. The van der Waals surface area contributed by atoms with Gasteiger partial charge in [-0.1, -0.05) is 17.4 Å². The number of benzene rings is 2. The number of likely N-dealkylation sites (tertiary alicyclic amines) is 2. The van der Waals surface area contributed by atoms with Gasteiger partial charge in [-0.3, -0.25) is 14.4 Å². The van der Waals surface area contributed by atoms with Crippen molar-refractivity contribution in [3.05, 3.63) is 58.6 Å². The van der Waals surface area contributed by atoms with Gasteiger partial charge in [-0.2, -0.15) is 26.3 Å². The molecule has 0 radical (unpaired) electrons. The van der Waals surface area contributed by atoms with Crippen LogP contribution in [0.3, 0.4) is 0 Å². The number of carbonyl (C=O) groups is 3. The van der Waals surface area contributed by atoms with Gasteiger partial charge in [-0.05, 0) is 43.3 Å². The molecule has 2 aromatic carbocycles. The van der Waals surface area contributed by atoms with E-state index < -0.39 is 61.4 Å². The van der Waals surface area contributed by atoms with Gasteiger partial charge in [0.2, 0.25) is 11.8 Å². The van der Waals surface area contributed by atoms with E-state index in [9.17, 15) is 40.7 Å². The van der Waals surface area contributed by atoms with E-state index >= 15 is 0 Å². The lowest BCUT2D eigenvalue weighted by molar-refractivity contribution is -0.171. The number of alkyl halides is 6. The summed E-state index contributed by atoms with van der Waals surface area (Å²) in [4.78, 5) is 39.2. The molecule has 45 heavy (non-hydrogen) atoms. The van der Waals surface area contributed by atoms with Gasteiger partial charge in [0.25, 0.3) is 5.91 Å². The van der Waals surface area contributed by atoms with E-state index in [4.69, 9.17) is 4.74 Å². The molecule has 3 heterocycles. The maximum atomic E-state index is 13.3. The van der Waals surface area contributed by atoms with Crippen LogP contribution in [0.15, 0.2) is 42.5 Å². The summed E-state index contributed by atoms with van der Waals surface area (Å²) in [5.74, 6) is -3.74. The molecule has 0 saturated carbocycles. The molecular weight excluding hydrogens is 628 g/mol. The van der Waals surface area contributed by atoms with Crippen LogP contribution in [0.2, 0.25) is 0 Å². The van der Waals surface area contributed by atoms with Crippen LogP contribution in [0.5, 0.6) is 11.5 Å². The topological polar surface area (TPSA) is 105 Å². The minimum Gasteiger partial charge on any atom is -0.457 e. The first-order valence-corrected chi connectivity index (χ1v) is 14.6. The Balaban J connectivity index is 1.32. The van der Waals surface area contributed by atoms with Crippen molar-refractivity contribution < 1.29 is 45.5 Å². The zero-order valence-electron chi connectivity index (χ0n) is 23.7. The molecule has 2 unspecified atom stereocenters.